The molecule has 0 atom stereocenters. The molecule has 1 fully saturated rings. The second-order valence-corrected chi connectivity index (χ2v) is 7.05. The van der Waals surface area contributed by atoms with E-state index in [1.54, 1.807) is 6.20 Å². The fraction of sp³-hybridized carbons (Fsp3) is 0.579. The summed E-state index contributed by atoms with van der Waals surface area (Å²) in [5.41, 5.74) is 0.916. The largest absolute Gasteiger partial charge is 0.354 e. The Morgan fingerprint density at radius 3 is 2.60 bits per heavy atom. The van der Waals surface area contributed by atoms with E-state index in [-0.39, 0.29) is 11.8 Å². The number of carbonyl (C=O) groups is 1. The van der Waals surface area contributed by atoms with Crippen LogP contribution in [0.25, 0.3) is 11.4 Å². The SMILES string of the molecule is CC(C)C(=O)NCCn1ccnc1-c1cnc(C2CCCCC2)nc1. The minimum atomic E-state index is 0.00277. The van der Waals surface area contributed by atoms with Gasteiger partial charge in [-0.15, -0.1) is 0 Å². The molecule has 25 heavy (non-hydrogen) atoms. The van der Waals surface area contributed by atoms with E-state index in [1.165, 1.54) is 32.1 Å². The summed E-state index contributed by atoms with van der Waals surface area (Å²) in [6.45, 7) is 5.05. The molecule has 1 saturated carbocycles. The van der Waals surface area contributed by atoms with Gasteiger partial charge in [-0.3, -0.25) is 4.79 Å². The molecule has 6 nitrogen and oxygen atoms in total. The number of carbonyl (C=O) groups excluding carboxylic acids is 1. The van der Waals surface area contributed by atoms with Crippen LogP contribution in [0.5, 0.6) is 0 Å². The Kier molecular flexibility index (Phi) is 5.79. The summed E-state index contributed by atoms with van der Waals surface area (Å²) in [7, 11) is 0. The lowest BCUT2D eigenvalue weighted by Crippen LogP contribution is -2.30. The number of imidazole rings is 1. The van der Waals surface area contributed by atoms with Crippen LogP contribution in [-0.4, -0.2) is 32.0 Å². The molecule has 1 aliphatic rings. The average molecular weight is 341 g/mol. The fourth-order valence-corrected chi connectivity index (χ4v) is 3.28. The molecule has 0 spiro atoms. The Hall–Kier alpha value is -2.24. The molecule has 2 aromatic rings. The van der Waals surface area contributed by atoms with Gasteiger partial charge >= 0.3 is 0 Å². The molecule has 0 radical (unpaired) electrons. The molecule has 2 aromatic heterocycles. The van der Waals surface area contributed by atoms with Gasteiger partial charge in [-0.1, -0.05) is 33.1 Å². The third-order valence-corrected chi connectivity index (χ3v) is 4.79. The maximum absolute atomic E-state index is 11.7. The molecule has 3 rings (SSSR count). The van der Waals surface area contributed by atoms with Crippen LogP contribution >= 0.6 is 0 Å². The van der Waals surface area contributed by atoms with Crippen molar-refractivity contribution in [2.24, 2.45) is 5.92 Å². The summed E-state index contributed by atoms with van der Waals surface area (Å²) < 4.78 is 2.03. The highest BCUT2D eigenvalue weighted by Crippen LogP contribution is 2.30. The van der Waals surface area contributed by atoms with E-state index in [9.17, 15) is 4.79 Å². The van der Waals surface area contributed by atoms with Crippen LogP contribution in [0.2, 0.25) is 0 Å². The van der Waals surface area contributed by atoms with Gasteiger partial charge in [0.05, 0.1) is 5.56 Å². The van der Waals surface area contributed by atoms with Gasteiger partial charge in [0, 0.05) is 49.7 Å². The number of nitrogens with zero attached hydrogens (tertiary/aromatic N) is 4. The maximum Gasteiger partial charge on any atom is 0.222 e. The molecular formula is C19H27N5O. The Morgan fingerprint density at radius 1 is 1.20 bits per heavy atom. The molecule has 1 N–H and O–H groups in total. The molecule has 134 valence electrons. The van der Waals surface area contributed by atoms with E-state index >= 15 is 0 Å². The number of rotatable bonds is 6. The van der Waals surface area contributed by atoms with Crippen molar-refractivity contribution in [3.63, 3.8) is 0 Å². The maximum atomic E-state index is 11.7. The lowest BCUT2D eigenvalue weighted by Gasteiger charge is -2.20. The van der Waals surface area contributed by atoms with E-state index in [4.69, 9.17) is 0 Å². The van der Waals surface area contributed by atoms with Gasteiger partial charge in [0.1, 0.15) is 11.6 Å². The molecule has 6 heteroatoms. The molecule has 0 unspecified atom stereocenters. The number of nitrogens with one attached hydrogen (secondary N) is 1. The van der Waals surface area contributed by atoms with Crippen LogP contribution in [0, 0.1) is 5.92 Å². The minimum absolute atomic E-state index is 0.00277. The molecule has 1 aliphatic carbocycles. The standard InChI is InChI=1S/C19H27N5O/c1-14(2)19(25)21-9-11-24-10-8-20-18(24)16-12-22-17(23-13-16)15-6-4-3-5-7-15/h8,10,12-15H,3-7,9,11H2,1-2H3,(H,21,25). The Balaban J connectivity index is 1.64. The van der Waals surface area contributed by atoms with Crippen LogP contribution in [0.1, 0.15) is 57.7 Å². The van der Waals surface area contributed by atoms with Gasteiger partial charge in [0.15, 0.2) is 0 Å². The molecule has 0 aliphatic heterocycles. The smallest absolute Gasteiger partial charge is 0.222 e. The van der Waals surface area contributed by atoms with Crippen molar-refractivity contribution in [1.82, 2.24) is 24.8 Å². The van der Waals surface area contributed by atoms with Crippen LogP contribution in [0.4, 0.5) is 0 Å². The van der Waals surface area contributed by atoms with Gasteiger partial charge in [0.25, 0.3) is 0 Å². The van der Waals surface area contributed by atoms with Gasteiger partial charge < -0.3 is 9.88 Å². The highest BCUT2D eigenvalue weighted by atomic mass is 16.1. The topological polar surface area (TPSA) is 72.7 Å². The third-order valence-electron chi connectivity index (χ3n) is 4.79. The van der Waals surface area contributed by atoms with E-state index in [0.29, 0.717) is 19.0 Å². The Labute approximate surface area is 149 Å². The molecule has 2 heterocycles. The number of hydrogen-bond acceptors (Lipinski definition) is 4. The zero-order valence-electron chi connectivity index (χ0n) is 15.1. The zero-order valence-corrected chi connectivity index (χ0v) is 15.1. The highest BCUT2D eigenvalue weighted by molar-refractivity contribution is 5.77. The highest BCUT2D eigenvalue weighted by Gasteiger charge is 2.18. The summed E-state index contributed by atoms with van der Waals surface area (Å²) in [5.74, 6) is 2.39. The lowest BCUT2D eigenvalue weighted by molar-refractivity contribution is -0.124. The lowest BCUT2D eigenvalue weighted by atomic mass is 9.89. The second-order valence-electron chi connectivity index (χ2n) is 7.05. The van der Waals surface area contributed by atoms with Crippen molar-refractivity contribution in [2.75, 3.05) is 6.54 Å². The third kappa shape index (κ3) is 4.44. The van der Waals surface area contributed by atoms with Gasteiger partial charge in [0.2, 0.25) is 5.91 Å². The predicted octanol–water partition coefficient (Wildman–Crippen LogP) is 3.16. The van der Waals surface area contributed by atoms with E-state index in [0.717, 1.165) is 17.2 Å². The van der Waals surface area contributed by atoms with Crippen molar-refractivity contribution in [3.05, 3.63) is 30.6 Å². The van der Waals surface area contributed by atoms with Crippen molar-refractivity contribution >= 4 is 5.91 Å². The normalized spacial score (nSPS) is 15.5. The van der Waals surface area contributed by atoms with Gasteiger partial charge in [-0.2, -0.15) is 0 Å². The van der Waals surface area contributed by atoms with Crippen LogP contribution in [0.3, 0.4) is 0 Å². The summed E-state index contributed by atoms with van der Waals surface area (Å²) in [6.07, 6.45) is 13.7. The quantitative estimate of drug-likeness (QED) is 0.876. The molecule has 0 saturated heterocycles. The predicted molar refractivity (Wildman–Crippen MR) is 96.9 cm³/mol. The van der Waals surface area contributed by atoms with Crippen LogP contribution < -0.4 is 5.32 Å². The van der Waals surface area contributed by atoms with Gasteiger partial charge in [-0.25, -0.2) is 15.0 Å². The molecule has 0 bridgehead atoms. The van der Waals surface area contributed by atoms with Crippen LogP contribution in [0.15, 0.2) is 24.8 Å². The minimum Gasteiger partial charge on any atom is -0.354 e. The van der Waals surface area contributed by atoms with Crippen molar-refractivity contribution in [2.45, 2.75) is 58.4 Å². The first kappa shape index (κ1) is 17.6. The summed E-state index contributed by atoms with van der Waals surface area (Å²) in [5, 5.41) is 2.93. The average Bonchev–Trinajstić information content (AvgIpc) is 3.11. The van der Waals surface area contributed by atoms with E-state index in [2.05, 4.69) is 20.3 Å². The van der Waals surface area contributed by atoms with Crippen LogP contribution in [-0.2, 0) is 11.3 Å². The summed E-state index contributed by atoms with van der Waals surface area (Å²) in [6, 6.07) is 0. The fourth-order valence-electron chi connectivity index (χ4n) is 3.28. The van der Waals surface area contributed by atoms with Crippen molar-refractivity contribution in [1.29, 1.82) is 0 Å². The Bertz CT molecular complexity index is 686. The van der Waals surface area contributed by atoms with Crippen molar-refractivity contribution < 1.29 is 4.79 Å². The molecule has 0 aromatic carbocycles. The van der Waals surface area contributed by atoms with Gasteiger partial charge in [-0.05, 0) is 12.8 Å². The second kappa shape index (κ2) is 8.23. The first-order valence-corrected chi connectivity index (χ1v) is 9.26. The number of hydrogen-bond donors (Lipinski definition) is 1. The molecular weight excluding hydrogens is 314 g/mol. The molecule has 1 amide bonds. The first-order valence-electron chi connectivity index (χ1n) is 9.26. The number of aromatic nitrogens is 4. The van der Waals surface area contributed by atoms with E-state index in [1.807, 2.05) is 37.0 Å². The Morgan fingerprint density at radius 2 is 1.92 bits per heavy atom. The summed E-state index contributed by atoms with van der Waals surface area (Å²) in [4.78, 5) is 25.3. The van der Waals surface area contributed by atoms with E-state index < -0.39 is 0 Å². The summed E-state index contributed by atoms with van der Waals surface area (Å²) >= 11 is 0. The monoisotopic (exact) mass is 341 g/mol. The first-order chi connectivity index (χ1) is 12.1. The number of amides is 1. The van der Waals surface area contributed by atoms with Crippen molar-refractivity contribution in [3.8, 4) is 11.4 Å². The zero-order chi connectivity index (χ0) is 17.6.